The maximum atomic E-state index is 13.6. The van der Waals surface area contributed by atoms with Gasteiger partial charge in [-0.15, -0.1) is 0 Å². The molecule has 0 aliphatic carbocycles. The number of hydrogen-bond acceptors (Lipinski definition) is 4. The summed E-state index contributed by atoms with van der Waals surface area (Å²) in [6.07, 6.45) is 4.77. The minimum atomic E-state index is -0.0586. The molecule has 1 aliphatic rings. The molecule has 0 saturated heterocycles. The number of ether oxygens (including phenoxy) is 1. The van der Waals surface area contributed by atoms with Gasteiger partial charge < -0.3 is 14.5 Å². The van der Waals surface area contributed by atoms with Crippen molar-refractivity contribution in [2.24, 2.45) is 5.92 Å². The lowest BCUT2D eigenvalue weighted by Gasteiger charge is -2.34. The number of benzene rings is 2. The minimum Gasteiger partial charge on any atom is -0.491 e. The van der Waals surface area contributed by atoms with Gasteiger partial charge in [-0.1, -0.05) is 44.2 Å². The van der Waals surface area contributed by atoms with Crippen LogP contribution in [0, 0.1) is 5.92 Å². The average molecular weight is 491 g/mol. The molecule has 0 bridgehead atoms. The van der Waals surface area contributed by atoms with Crippen LogP contribution in [0.25, 0.3) is 10.9 Å². The van der Waals surface area contributed by atoms with E-state index in [-0.39, 0.29) is 17.9 Å². The molecule has 1 aliphatic heterocycles. The quantitative estimate of drug-likeness (QED) is 0.487. The normalized spacial score (nSPS) is 17.4. The van der Waals surface area contributed by atoms with Gasteiger partial charge in [-0.05, 0) is 50.3 Å². The van der Waals surface area contributed by atoms with Crippen LogP contribution >= 0.6 is 0 Å². The van der Waals surface area contributed by atoms with Crippen molar-refractivity contribution in [3.05, 3.63) is 60.3 Å². The second kappa shape index (κ2) is 12.1. The topological polar surface area (TPSA) is 67.7 Å². The van der Waals surface area contributed by atoms with Gasteiger partial charge in [0.2, 0.25) is 5.91 Å². The number of rotatable bonds is 6. The van der Waals surface area contributed by atoms with E-state index in [4.69, 9.17) is 4.74 Å². The van der Waals surface area contributed by atoms with Crippen molar-refractivity contribution in [3.63, 3.8) is 0 Å². The number of aryl methyl sites for hydroxylation is 1. The highest BCUT2D eigenvalue weighted by molar-refractivity contribution is 5.97. The SMILES string of the molecule is CCN1CCCCN(C(=O)CCn2ncc3ccccc32)[C@@H](CC(C)C)COc2ccccc2C1=O. The Bertz CT molecular complexity index is 1170. The highest BCUT2D eigenvalue weighted by Crippen LogP contribution is 2.24. The van der Waals surface area contributed by atoms with E-state index >= 15 is 0 Å². The Morgan fingerprint density at radius 3 is 2.64 bits per heavy atom. The third-order valence-corrected chi connectivity index (χ3v) is 6.89. The molecule has 0 spiro atoms. The van der Waals surface area contributed by atoms with Gasteiger partial charge in [0, 0.05) is 31.4 Å². The van der Waals surface area contributed by atoms with Crippen molar-refractivity contribution in [3.8, 4) is 5.75 Å². The number of carbonyl (C=O) groups excluding carboxylic acids is 2. The summed E-state index contributed by atoms with van der Waals surface area (Å²) in [5.74, 6) is 1.13. The minimum absolute atomic E-state index is 0.00784. The van der Waals surface area contributed by atoms with Crippen molar-refractivity contribution < 1.29 is 14.3 Å². The fraction of sp³-hybridized carbons (Fsp3) is 0.483. The van der Waals surface area contributed by atoms with E-state index in [1.807, 2.05) is 76.1 Å². The third-order valence-electron chi connectivity index (χ3n) is 6.89. The highest BCUT2D eigenvalue weighted by Gasteiger charge is 2.27. The van der Waals surface area contributed by atoms with E-state index in [0.717, 1.165) is 30.2 Å². The molecule has 0 radical (unpaired) electrons. The predicted octanol–water partition coefficient (Wildman–Crippen LogP) is 5.00. The number of nitrogens with zero attached hydrogens (tertiary/aromatic N) is 4. The van der Waals surface area contributed by atoms with E-state index < -0.39 is 0 Å². The number of hydrogen-bond donors (Lipinski definition) is 0. The Morgan fingerprint density at radius 2 is 1.83 bits per heavy atom. The summed E-state index contributed by atoms with van der Waals surface area (Å²) in [5, 5.41) is 5.58. The maximum absolute atomic E-state index is 13.6. The average Bonchev–Trinajstić information content (AvgIpc) is 3.29. The van der Waals surface area contributed by atoms with Crippen LogP contribution < -0.4 is 4.74 Å². The summed E-state index contributed by atoms with van der Waals surface area (Å²) in [4.78, 5) is 30.7. The molecular weight excluding hydrogens is 452 g/mol. The van der Waals surface area contributed by atoms with Gasteiger partial charge >= 0.3 is 0 Å². The molecular formula is C29H38N4O3. The first kappa shape index (κ1) is 25.7. The molecule has 7 heteroatoms. The van der Waals surface area contributed by atoms with Crippen molar-refractivity contribution in [1.82, 2.24) is 19.6 Å². The Labute approximate surface area is 214 Å². The molecule has 36 heavy (non-hydrogen) atoms. The van der Waals surface area contributed by atoms with Gasteiger partial charge in [-0.3, -0.25) is 14.3 Å². The van der Waals surface area contributed by atoms with E-state index in [9.17, 15) is 9.59 Å². The first-order valence-corrected chi connectivity index (χ1v) is 13.2. The smallest absolute Gasteiger partial charge is 0.257 e. The zero-order chi connectivity index (χ0) is 25.5. The maximum Gasteiger partial charge on any atom is 0.257 e. The van der Waals surface area contributed by atoms with Gasteiger partial charge in [0.15, 0.2) is 0 Å². The summed E-state index contributed by atoms with van der Waals surface area (Å²) < 4.78 is 8.18. The zero-order valence-electron chi connectivity index (χ0n) is 21.7. The van der Waals surface area contributed by atoms with Crippen LogP contribution in [0.4, 0.5) is 0 Å². The Kier molecular flexibility index (Phi) is 8.62. The molecule has 2 aromatic carbocycles. The summed E-state index contributed by atoms with van der Waals surface area (Å²) in [6, 6.07) is 15.5. The molecule has 2 amide bonds. The first-order valence-electron chi connectivity index (χ1n) is 13.2. The number of carbonyl (C=O) groups is 2. The lowest BCUT2D eigenvalue weighted by molar-refractivity contribution is -0.135. The largest absolute Gasteiger partial charge is 0.491 e. The molecule has 0 saturated carbocycles. The number of aromatic nitrogens is 2. The molecule has 3 aromatic rings. The molecule has 2 heterocycles. The van der Waals surface area contributed by atoms with Gasteiger partial charge in [0.1, 0.15) is 12.4 Å². The van der Waals surface area contributed by atoms with Crippen LogP contribution in [-0.2, 0) is 11.3 Å². The van der Waals surface area contributed by atoms with E-state index in [2.05, 4.69) is 18.9 Å². The fourth-order valence-electron chi connectivity index (χ4n) is 5.00. The van der Waals surface area contributed by atoms with Crippen LogP contribution in [0.2, 0.25) is 0 Å². The number of amides is 2. The molecule has 4 rings (SSSR count). The monoisotopic (exact) mass is 490 g/mol. The fourth-order valence-corrected chi connectivity index (χ4v) is 5.00. The molecule has 0 unspecified atom stereocenters. The van der Waals surface area contributed by atoms with Gasteiger partial charge in [0.05, 0.1) is 29.9 Å². The first-order chi connectivity index (χ1) is 17.5. The van der Waals surface area contributed by atoms with Gasteiger partial charge in [-0.2, -0.15) is 5.10 Å². The van der Waals surface area contributed by atoms with E-state index in [1.165, 1.54) is 0 Å². The summed E-state index contributed by atoms with van der Waals surface area (Å²) >= 11 is 0. The predicted molar refractivity (Wildman–Crippen MR) is 142 cm³/mol. The van der Waals surface area contributed by atoms with Crippen LogP contribution in [0.3, 0.4) is 0 Å². The third kappa shape index (κ3) is 6.07. The van der Waals surface area contributed by atoms with Gasteiger partial charge in [0.25, 0.3) is 5.91 Å². The molecule has 1 aromatic heterocycles. The summed E-state index contributed by atoms with van der Waals surface area (Å²) in [6.45, 7) is 9.22. The Balaban J connectivity index is 1.55. The standard InChI is InChI=1S/C29H38N4O3/c1-4-31-16-9-10-17-32(28(34)15-18-33-26-13-7-5-11-23(26)20-30-33)24(19-22(2)3)21-36-27-14-8-6-12-25(27)29(31)35/h5-8,11-14,20,22,24H,4,9-10,15-19,21H2,1-3H3/t24-/m0/s1. The van der Waals surface area contributed by atoms with Crippen molar-refractivity contribution >= 4 is 22.7 Å². The summed E-state index contributed by atoms with van der Waals surface area (Å²) in [5.41, 5.74) is 1.63. The van der Waals surface area contributed by atoms with E-state index in [1.54, 1.807) is 0 Å². The Morgan fingerprint density at radius 1 is 1.08 bits per heavy atom. The van der Waals surface area contributed by atoms with E-state index in [0.29, 0.717) is 56.4 Å². The van der Waals surface area contributed by atoms with Crippen LogP contribution in [0.5, 0.6) is 5.75 Å². The van der Waals surface area contributed by atoms with Crippen LogP contribution in [-0.4, -0.2) is 63.7 Å². The Hall–Kier alpha value is -3.35. The molecule has 192 valence electrons. The lowest BCUT2D eigenvalue weighted by atomic mass is 10.0. The zero-order valence-corrected chi connectivity index (χ0v) is 21.7. The van der Waals surface area contributed by atoms with Gasteiger partial charge in [-0.25, -0.2) is 0 Å². The molecule has 1 atom stereocenters. The van der Waals surface area contributed by atoms with Crippen LogP contribution in [0.1, 0.15) is 56.8 Å². The second-order valence-electron chi connectivity index (χ2n) is 9.95. The van der Waals surface area contributed by atoms with Crippen molar-refractivity contribution in [1.29, 1.82) is 0 Å². The lowest BCUT2D eigenvalue weighted by Crippen LogP contribution is -2.46. The second-order valence-corrected chi connectivity index (χ2v) is 9.95. The molecule has 7 nitrogen and oxygen atoms in total. The molecule has 0 N–H and O–H groups in total. The van der Waals surface area contributed by atoms with Crippen molar-refractivity contribution in [2.75, 3.05) is 26.2 Å². The number of para-hydroxylation sites is 2. The summed E-state index contributed by atoms with van der Waals surface area (Å²) in [7, 11) is 0. The number of fused-ring (bicyclic) bond motifs is 2. The van der Waals surface area contributed by atoms with Crippen LogP contribution in [0.15, 0.2) is 54.7 Å². The van der Waals surface area contributed by atoms with Crippen molar-refractivity contribution in [2.45, 2.75) is 59.0 Å². The molecule has 0 fully saturated rings. The highest BCUT2D eigenvalue weighted by atomic mass is 16.5.